The average molecular weight is 214 g/mol. The molecule has 1 N–H and O–H groups in total. The van der Waals surface area contributed by atoms with Crippen LogP contribution in [0.15, 0.2) is 36.4 Å². The van der Waals surface area contributed by atoms with Gasteiger partial charge >= 0.3 is 0 Å². The predicted molar refractivity (Wildman–Crippen MR) is 68.6 cm³/mol. The first-order chi connectivity index (χ1) is 7.74. The van der Waals surface area contributed by atoms with Gasteiger partial charge in [-0.3, -0.25) is 0 Å². The first-order valence-electron chi connectivity index (χ1n) is 5.92. The molecular formula is C15H18O. The van der Waals surface area contributed by atoms with Crippen LogP contribution in [0.4, 0.5) is 0 Å². The first-order valence-corrected chi connectivity index (χ1v) is 5.92. The van der Waals surface area contributed by atoms with E-state index in [0.717, 1.165) is 18.4 Å². The van der Waals surface area contributed by atoms with E-state index in [0.29, 0.717) is 0 Å². The Morgan fingerprint density at radius 2 is 1.88 bits per heavy atom. The summed E-state index contributed by atoms with van der Waals surface area (Å²) in [5.74, 6) is 0. The lowest BCUT2D eigenvalue weighted by Gasteiger charge is -2.15. The topological polar surface area (TPSA) is 20.2 Å². The summed E-state index contributed by atoms with van der Waals surface area (Å²) >= 11 is 0. The van der Waals surface area contributed by atoms with Crippen LogP contribution in [0.25, 0.3) is 10.8 Å². The maximum Gasteiger partial charge on any atom is 0.0770 e. The minimum absolute atomic E-state index is 0.396. The minimum atomic E-state index is -0.396. The molecule has 0 heterocycles. The number of aryl methyl sites for hydroxylation is 1. The van der Waals surface area contributed by atoms with Gasteiger partial charge in [0.15, 0.2) is 0 Å². The van der Waals surface area contributed by atoms with Gasteiger partial charge in [-0.1, -0.05) is 49.7 Å². The molecule has 2 rings (SSSR count). The third-order valence-corrected chi connectivity index (χ3v) is 3.00. The second kappa shape index (κ2) is 4.67. The Bertz CT molecular complexity index is 486. The fourth-order valence-electron chi connectivity index (χ4n) is 2.32. The van der Waals surface area contributed by atoms with Crippen LogP contribution in [-0.4, -0.2) is 5.11 Å². The Morgan fingerprint density at radius 1 is 1.12 bits per heavy atom. The van der Waals surface area contributed by atoms with E-state index in [1.165, 1.54) is 16.3 Å². The van der Waals surface area contributed by atoms with Gasteiger partial charge < -0.3 is 5.11 Å². The molecule has 2 aromatic rings. The Kier molecular flexibility index (Phi) is 3.25. The van der Waals surface area contributed by atoms with Crippen LogP contribution >= 0.6 is 0 Å². The van der Waals surface area contributed by atoms with Crippen molar-refractivity contribution >= 4 is 10.8 Å². The van der Waals surface area contributed by atoms with Crippen molar-refractivity contribution in [1.29, 1.82) is 0 Å². The van der Waals surface area contributed by atoms with E-state index in [9.17, 15) is 5.11 Å². The number of aliphatic hydroxyl groups excluding tert-OH is 1. The van der Waals surface area contributed by atoms with Crippen molar-refractivity contribution in [2.75, 3.05) is 0 Å². The van der Waals surface area contributed by atoms with Crippen LogP contribution in [0.1, 0.15) is 37.5 Å². The van der Waals surface area contributed by atoms with Gasteiger partial charge in [-0.25, -0.2) is 0 Å². The number of rotatable bonds is 3. The normalized spacial score (nSPS) is 12.9. The molecule has 0 aliphatic carbocycles. The molecule has 0 aliphatic heterocycles. The molecule has 1 heteroatoms. The summed E-state index contributed by atoms with van der Waals surface area (Å²) < 4.78 is 0. The molecule has 0 bridgehead atoms. The summed E-state index contributed by atoms with van der Waals surface area (Å²) in [6.07, 6.45) is 1.75. The zero-order valence-corrected chi connectivity index (χ0v) is 9.90. The molecule has 1 unspecified atom stereocenters. The van der Waals surface area contributed by atoms with Crippen LogP contribution < -0.4 is 0 Å². The van der Waals surface area contributed by atoms with Crippen LogP contribution in [0, 0.1) is 0 Å². The summed E-state index contributed by atoms with van der Waals surface area (Å²) in [4.78, 5) is 0. The van der Waals surface area contributed by atoms with Gasteiger partial charge in [0, 0.05) is 0 Å². The predicted octanol–water partition coefficient (Wildman–Crippen LogP) is 3.85. The highest BCUT2D eigenvalue weighted by Gasteiger charge is 2.11. The van der Waals surface area contributed by atoms with Crippen molar-refractivity contribution in [3.05, 3.63) is 47.5 Å². The Labute approximate surface area is 96.7 Å². The highest BCUT2D eigenvalue weighted by molar-refractivity contribution is 5.87. The van der Waals surface area contributed by atoms with E-state index in [1.807, 2.05) is 19.1 Å². The molecule has 0 spiro atoms. The lowest BCUT2D eigenvalue weighted by Crippen LogP contribution is -1.99. The van der Waals surface area contributed by atoms with Crippen molar-refractivity contribution in [1.82, 2.24) is 0 Å². The Balaban J connectivity index is 2.69. The second-order valence-corrected chi connectivity index (χ2v) is 4.29. The second-order valence-electron chi connectivity index (χ2n) is 4.29. The molecule has 0 fully saturated rings. The van der Waals surface area contributed by atoms with E-state index in [4.69, 9.17) is 0 Å². The molecule has 0 radical (unpaired) electrons. The quantitative estimate of drug-likeness (QED) is 0.823. The molecule has 0 aromatic heterocycles. The standard InChI is InChI=1S/C15H18O/c1-3-6-13-10-9-12-7-4-5-8-14(12)15(13)11(2)16/h4-5,7-11,16H,3,6H2,1-2H3. The third kappa shape index (κ3) is 1.96. The maximum atomic E-state index is 9.93. The molecule has 84 valence electrons. The van der Waals surface area contributed by atoms with Crippen molar-refractivity contribution in [2.24, 2.45) is 0 Å². The number of hydrogen-bond acceptors (Lipinski definition) is 1. The Morgan fingerprint density at radius 3 is 2.56 bits per heavy atom. The maximum absolute atomic E-state index is 9.93. The lowest BCUT2D eigenvalue weighted by atomic mass is 9.93. The van der Waals surface area contributed by atoms with Crippen molar-refractivity contribution in [2.45, 2.75) is 32.8 Å². The first kappa shape index (κ1) is 11.2. The fraction of sp³-hybridized carbons (Fsp3) is 0.333. The highest BCUT2D eigenvalue weighted by atomic mass is 16.3. The van der Waals surface area contributed by atoms with Gasteiger partial charge in [-0.05, 0) is 35.2 Å². The van der Waals surface area contributed by atoms with Crippen LogP contribution in [0.2, 0.25) is 0 Å². The molecule has 1 nitrogen and oxygen atoms in total. The van der Waals surface area contributed by atoms with Gasteiger partial charge in [0.05, 0.1) is 6.10 Å². The van der Waals surface area contributed by atoms with E-state index >= 15 is 0 Å². The van der Waals surface area contributed by atoms with Gasteiger partial charge in [-0.2, -0.15) is 0 Å². The van der Waals surface area contributed by atoms with E-state index in [-0.39, 0.29) is 0 Å². The van der Waals surface area contributed by atoms with E-state index in [1.54, 1.807) is 0 Å². The molecule has 1 atom stereocenters. The largest absolute Gasteiger partial charge is 0.389 e. The van der Waals surface area contributed by atoms with Crippen molar-refractivity contribution in [3.63, 3.8) is 0 Å². The molecule has 0 amide bonds. The summed E-state index contributed by atoms with van der Waals surface area (Å²) in [7, 11) is 0. The molecule has 0 saturated carbocycles. The molecular weight excluding hydrogens is 196 g/mol. The van der Waals surface area contributed by atoms with Crippen molar-refractivity contribution in [3.8, 4) is 0 Å². The van der Waals surface area contributed by atoms with Gasteiger partial charge in [0.2, 0.25) is 0 Å². The minimum Gasteiger partial charge on any atom is -0.389 e. The summed E-state index contributed by atoms with van der Waals surface area (Å²) in [5, 5.41) is 12.3. The zero-order chi connectivity index (χ0) is 11.5. The van der Waals surface area contributed by atoms with E-state index < -0.39 is 6.10 Å². The number of hydrogen-bond donors (Lipinski definition) is 1. The Hall–Kier alpha value is -1.34. The van der Waals surface area contributed by atoms with Gasteiger partial charge in [-0.15, -0.1) is 0 Å². The summed E-state index contributed by atoms with van der Waals surface area (Å²) in [5.41, 5.74) is 2.37. The van der Waals surface area contributed by atoms with Crippen LogP contribution in [-0.2, 0) is 6.42 Å². The SMILES string of the molecule is CCCc1ccc2ccccc2c1C(C)O. The lowest BCUT2D eigenvalue weighted by molar-refractivity contribution is 0.200. The van der Waals surface area contributed by atoms with Crippen LogP contribution in [0.3, 0.4) is 0 Å². The smallest absolute Gasteiger partial charge is 0.0770 e. The number of fused-ring (bicyclic) bond motifs is 1. The molecule has 0 saturated heterocycles. The molecule has 2 aromatic carbocycles. The number of benzene rings is 2. The molecule has 16 heavy (non-hydrogen) atoms. The third-order valence-electron chi connectivity index (χ3n) is 3.00. The summed E-state index contributed by atoms with van der Waals surface area (Å²) in [6, 6.07) is 12.5. The van der Waals surface area contributed by atoms with E-state index in [2.05, 4.69) is 31.2 Å². The fourth-order valence-corrected chi connectivity index (χ4v) is 2.32. The van der Waals surface area contributed by atoms with Gasteiger partial charge in [0.1, 0.15) is 0 Å². The number of aliphatic hydroxyl groups is 1. The zero-order valence-electron chi connectivity index (χ0n) is 9.90. The monoisotopic (exact) mass is 214 g/mol. The average Bonchev–Trinajstić information content (AvgIpc) is 2.28. The highest BCUT2D eigenvalue weighted by Crippen LogP contribution is 2.28. The van der Waals surface area contributed by atoms with Gasteiger partial charge in [0.25, 0.3) is 0 Å². The summed E-state index contributed by atoms with van der Waals surface area (Å²) in [6.45, 7) is 4.02. The molecule has 0 aliphatic rings. The van der Waals surface area contributed by atoms with Crippen LogP contribution in [0.5, 0.6) is 0 Å². The van der Waals surface area contributed by atoms with Crippen molar-refractivity contribution < 1.29 is 5.11 Å².